The molecule has 1 aromatic rings. The van der Waals surface area contributed by atoms with Gasteiger partial charge in [-0.05, 0) is 31.0 Å². The lowest BCUT2D eigenvalue weighted by atomic mass is 10.0. The predicted molar refractivity (Wildman–Crippen MR) is 60.7 cm³/mol. The monoisotopic (exact) mass is 246 g/mol. The average molecular weight is 246 g/mol. The number of rotatable bonds is 5. The van der Waals surface area contributed by atoms with E-state index in [1.807, 2.05) is 13.8 Å². The predicted octanol–water partition coefficient (Wildman–Crippen LogP) is 3.38. The largest absolute Gasteiger partial charge is 0.390 e. The maximum atomic E-state index is 12.5. The highest BCUT2D eigenvalue weighted by molar-refractivity contribution is 5.20. The second-order valence-corrected chi connectivity index (χ2v) is 4.12. The number of halogens is 3. The van der Waals surface area contributed by atoms with Gasteiger partial charge in [0.25, 0.3) is 0 Å². The first-order valence-electron chi connectivity index (χ1n) is 5.64. The molecular formula is C12H17F3N2. The summed E-state index contributed by atoms with van der Waals surface area (Å²) < 4.78 is 37.4. The van der Waals surface area contributed by atoms with Crippen molar-refractivity contribution in [3.8, 4) is 0 Å². The van der Waals surface area contributed by atoms with Gasteiger partial charge in [-0.3, -0.25) is 4.98 Å². The highest BCUT2D eigenvalue weighted by atomic mass is 19.4. The zero-order valence-electron chi connectivity index (χ0n) is 10.0. The summed E-state index contributed by atoms with van der Waals surface area (Å²) in [6.07, 6.45) is -1.11. The van der Waals surface area contributed by atoms with Gasteiger partial charge in [0.05, 0.1) is 6.42 Å². The molecule has 1 rings (SSSR count). The van der Waals surface area contributed by atoms with E-state index in [1.54, 1.807) is 12.3 Å². The van der Waals surface area contributed by atoms with Gasteiger partial charge in [0.15, 0.2) is 0 Å². The molecular weight excluding hydrogens is 229 g/mol. The molecule has 0 fully saturated rings. The van der Waals surface area contributed by atoms with Crippen LogP contribution in [0.1, 0.15) is 36.9 Å². The summed E-state index contributed by atoms with van der Waals surface area (Å²) in [5.74, 6) is 0. The summed E-state index contributed by atoms with van der Waals surface area (Å²) in [6.45, 7) is 4.31. The van der Waals surface area contributed by atoms with Crippen molar-refractivity contribution in [3.05, 3.63) is 29.6 Å². The summed E-state index contributed by atoms with van der Waals surface area (Å²) in [5, 5.41) is 2.91. The molecule has 0 amide bonds. The van der Waals surface area contributed by atoms with Crippen molar-refractivity contribution in [2.45, 2.75) is 38.9 Å². The number of aromatic nitrogens is 1. The highest BCUT2D eigenvalue weighted by Crippen LogP contribution is 2.29. The van der Waals surface area contributed by atoms with Crippen LogP contribution in [0, 0.1) is 6.92 Å². The molecule has 1 atom stereocenters. The summed E-state index contributed by atoms with van der Waals surface area (Å²) >= 11 is 0. The zero-order chi connectivity index (χ0) is 12.9. The number of pyridine rings is 1. The van der Waals surface area contributed by atoms with E-state index in [2.05, 4.69) is 10.3 Å². The Morgan fingerprint density at radius 1 is 1.35 bits per heavy atom. The Bertz CT molecular complexity index is 350. The number of hydrogen-bond acceptors (Lipinski definition) is 2. The second kappa shape index (κ2) is 6.00. The quantitative estimate of drug-likeness (QED) is 0.861. The van der Waals surface area contributed by atoms with Crippen LogP contribution >= 0.6 is 0 Å². The SMILES string of the molecule is CCCNC(CC(F)(F)F)c1cncc(C)c1. The highest BCUT2D eigenvalue weighted by Gasteiger charge is 2.32. The van der Waals surface area contributed by atoms with Crippen LogP contribution in [-0.2, 0) is 0 Å². The van der Waals surface area contributed by atoms with E-state index in [4.69, 9.17) is 0 Å². The molecule has 17 heavy (non-hydrogen) atoms. The van der Waals surface area contributed by atoms with E-state index in [9.17, 15) is 13.2 Å². The van der Waals surface area contributed by atoms with Crippen LogP contribution in [-0.4, -0.2) is 17.7 Å². The maximum Gasteiger partial charge on any atom is 0.390 e. The van der Waals surface area contributed by atoms with Crippen molar-refractivity contribution >= 4 is 0 Å². The summed E-state index contributed by atoms with van der Waals surface area (Å²) in [4.78, 5) is 3.94. The van der Waals surface area contributed by atoms with Gasteiger partial charge in [-0.25, -0.2) is 0 Å². The van der Waals surface area contributed by atoms with Crippen LogP contribution in [0.5, 0.6) is 0 Å². The third kappa shape index (κ3) is 5.17. The molecule has 0 bridgehead atoms. The van der Waals surface area contributed by atoms with Gasteiger partial charge in [-0.1, -0.05) is 13.0 Å². The first-order valence-corrected chi connectivity index (χ1v) is 5.64. The fraction of sp³-hybridized carbons (Fsp3) is 0.583. The molecule has 0 aliphatic carbocycles. The lowest BCUT2D eigenvalue weighted by Crippen LogP contribution is -2.27. The van der Waals surface area contributed by atoms with Crippen molar-refractivity contribution in [2.75, 3.05) is 6.54 Å². The van der Waals surface area contributed by atoms with Crippen LogP contribution in [0.2, 0.25) is 0 Å². The molecule has 0 saturated heterocycles. The minimum absolute atomic E-state index is 0.564. The van der Waals surface area contributed by atoms with Gasteiger partial charge in [0.1, 0.15) is 0 Å². The van der Waals surface area contributed by atoms with Gasteiger partial charge >= 0.3 is 6.18 Å². The first-order chi connectivity index (χ1) is 7.92. The van der Waals surface area contributed by atoms with Gasteiger partial charge < -0.3 is 5.32 Å². The first kappa shape index (κ1) is 14.0. The molecule has 0 spiro atoms. The van der Waals surface area contributed by atoms with E-state index in [0.717, 1.165) is 12.0 Å². The molecule has 0 saturated carbocycles. The molecule has 1 unspecified atom stereocenters. The van der Waals surface area contributed by atoms with E-state index >= 15 is 0 Å². The maximum absolute atomic E-state index is 12.5. The average Bonchev–Trinajstić information content (AvgIpc) is 2.22. The zero-order valence-corrected chi connectivity index (χ0v) is 10.0. The van der Waals surface area contributed by atoms with Crippen molar-refractivity contribution in [1.29, 1.82) is 0 Å². The van der Waals surface area contributed by atoms with Crippen molar-refractivity contribution in [2.24, 2.45) is 0 Å². The number of hydrogen-bond donors (Lipinski definition) is 1. The van der Waals surface area contributed by atoms with Crippen molar-refractivity contribution < 1.29 is 13.2 Å². The standard InChI is InChI=1S/C12H17F3N2/c1-3-4-17-11(6-12(13,14)15)10-5-9(2)7-16-8-10/h5,7-8,11,17H,3-4,6H2,1-2H3. The fourth-order valence-corrected chi connectivity index (χ4v) is 1.63. The molecule has 2 nitrogen and oxygen atoms in total. The number of nitrogens with one attached hydrogen (secondary N) is 1. The number of nitrogens with zero attached hydrogens (tertiary/aromatic N) is 1. The van der Waals surface area contributed by atoms with Crippen LogP contribution in [0.3, 0.4) is 0 Å². The summed E-state index contributed by atoms with van der Waals surface area (Å²) in [7, 11) is 0. The Balaban J connectivity index is 2.81. The van der Waals surface area contributed by atoms with Crippen LogP contribution in [0.4, 0.5) is 13.2 Å². The van der Waals surface area contributed by atoms with Crippen LogP contribution < -0.4 is 5.32 Å². The minimum atomic E-state index is -4.17. The Labute approximate surface area is 99.3 Å². The third-order valence-electron chi connectivity index (χ3n) is 2.37. The van der Waals surface area contributed by atoms with Crippen molar-refractivity contribution in [3.63, 3.8) is 0 Å². The molecule has 1 aromatic heterocycles. The molecule has 1 N–H and O–H groups in total. The molecule has 5 heteroatoms. The lowest BCUT2D eigenvalue weighted by molar-refractivity contribution is -0.140. The summed E-state index contributed by atoms with van der Waals surface area (Å²) in [5.41, 5.74) is 1.46. The molecule has 96 valence electrons. The van der Waals surface area contributed by atoms with E-state index in [0.29, 0.717) is 12.1 Å². The fourth-order valence-electron chi connectivity index (χ4n) is 1.63. The van der Waals surface area contributed by atoms with Gasteiger partial charge in [0, 0.05) is 18.4 Å². The van der Waals surface area contributed by atoms with E-state index < -0.39 is 18.6 Å². The minimum Gasteiger partial charge on any atom is -0.310 e. The second-order valence-electron chi connectivity index (χ2n) is 4.12. The molecule has 0 aliphatic heterocycles. The Morgan fingerprint density at radius 3 is 2.59 bits per heavy atom. The van der Waals surface area contributed by atoms with Crippen LogP contribution in [0.25, 0.3) is 0 Å². The Hall–Kier alpha value is -1.10. The smallest absolute Gasteiger partial charge is 0.310 e. The Morgan fingerprint density at radius 2 is 2.06 bits per heavy atom. The molecule has 0 radical (unpaired) electrons. The van der Waals surface area contributed by atoms with Crippen LogP contribution in [0.15, 0.2) is 18.5 Å². The van der Waals surface area contributed by atoms with Crippen molar-refractivity contribution in [1.82, 2.24) is 10.3 Å². The molecule has 0 aliphatic rings. The molecule has 1 heterocycles. The van der Waals surface area contributed by atoms with E-state index in [1.165, 1.54) is 6.20 Å². The number of alkyl halides is 3. The Kier molecular flexibility index (Phi) is 4.93. The topological polar surface area (TPSA) is 24.9 Å². The van der Waals surface area contributed by atoms with Gasteiger partial charge in [0.2, 0.25) is 0 Å². The molecule has 0 aromatic carbocycles. The van der Waals surface area contributed by atoms with Gasteiger partial charge in [-0.15, -0.1) is 0 Å². The van der Waals surface area contributed by atoms with Gasteiger partial charge in [-0.2, -0.15) is 13.2 Å². The summed E-state index contributed by atoms with van der Waals surface area (Å²) in [6, 6.07) is 1.04. The van der Waals surface area contributed by atoms with E-state index in [-0.39, 0.29) is 0 Å². The normalized spacial score (nSPS) is 13.7. The number of aryl methyl sites for hydroxylation is 1. The third-order valence-corrected chi connectivity index (χ3v) is 2.37. The lowest BCUT2D eigenvalue weighted by Gasteiger charge is -2.20.